The number of sulfonamides is 1. The van der Waals surface area contributed by atoms with E-state index in [0.29, 0.717) is 16.3 Å². The Bertz CT molecular complexity index is 1220. The average Bonchev–Trinajstić information content (AvgIpc) is 2.77. The number of benzene rings is 2. The van der Waals surface area contributed by atoms with Crippen molar-refractivity contribution in [3.05, 3.63) is 65.2 Å². The molecular weight excluding hydrogens is 422 g/mol. The predicted molar refractivity (Wildman–Crippen MR) is 129 cm³/mol. The molecule has 4 rings (SSSR count). The van der Waals surface area contributed by atoms with Crippen molar-refractivity contribution in [1.29, 1.82) is 0 Å². The summed E-state index contributed by atoms with van der Waals surface area (Å²) in [6, 6.07) is 14.8. The Balaban J connectivity index is 1.54. The first-order valence-corrected chi connectivity index (χ1v) is 12.2. The van der Waals surface area contributed by atoms with E-state index < -0.39 is 10.0 Å². The summed E-state index contributed by atoms with van der Waals surface area (Å²) in [5.74, 6) is 0.865. The van der Waals surface area contributed by atoms with Gasteiger partial charge in [0.15, 0.2) is 5.82 Å². The van der Waals surface area contributed by atoms with E-state index in [1.54, 1.807) is 18.2 Å². The molecule has 32 heavy (non-hydrogen) atoms. The molecule has 1 aliphatic heterocycles. The second-order valence-corrected chi connectivity index (χ2v) is 10.1. The minimum Gasteiger partial charge on any atom is -0.353 e. The van der Waals surface area contributed by atoms with Crippen LogP contribution in [0.15, 0.2) is 53.4 Å². The molecule has 1 saturated heterocycles. The van der Waals surface area contributed by atoms with Crippen molar-refractivity contribution < 1.29 is 8.42 Å². The third-order valence-electron chi connectivity index (χ3n) is 5.97. The average molecular weight is 452 g/mol. The predicted octanol–water partition coefficient (Wildman–Crippen LogP) is 3.62. The number of likely N-dealkylation sites (N-methyl/N-ethyl adjacent to an activating group) is 1. The fraction of sp³-hybridized carbons (Fsp3) is 0.333. The monoisotopic (exact) mass is 451 g/mol. The molecule has 3 aromatic rings. The van der Waals surface area contributed by atoms with E-state index in [0.717, 1.165) is 54.3 Å². The molecule has 168 valence electrons. The van der Waals surface area contributed by atoms with Gasteiger partial charge in [-0.2, -0.15) is 0 Å². The number of aryl methyl sites for hydroxylation is 3. The van der Waals surface area contributed by atoms with Crippen molar-refractivity contribution in [2.75, 3.05) is 42.8 Å². The van der Waals surface area contributed by atoms with Crippen LogP contribution < -0.4 is 9.62 Å². The van der Waals surface area contributed by atoms with Crippen LogP contribution in [-0.2, 0) is 10.0 Å². The van der Waals surface area contributed by atoms with E-state index in [1.807, 2.05) is 51.1 Å². The SMILES string of the molecule is Cc1cc(C)c(S(=O)(=O)Nc2cccc(-c3ccc(N4CCN(C)CC4)nn3)c2)cc1C. The lowest BCUT2D eigenvalue weighted by Gasteiger charge is -2.32. The molecule has 0 radical (unpaired) electrons. The van der Waals surface area contributed by atoms with Gasteiger partial charge in [-0.05, 0) is 74.8 Å². The summed E-state index contributed by atoms with van der Waals surface area (Å²) in [6.07, 6.45) is 0. The van der Waals surface area contributed by atoms with Crippen molar-refractivity contribution in [2.45, 2.75) is 25.7 Å². The van der Waals surface area contributed by atoms with Gasteiger partial charge < -0.3 is 9.80 Å². The van der Waals surface area contributed by atoms with Crippen LogP contribution in [0.5, 0.6) is 0 Å². The van der Waals surface area contributed by atoms with E-state index in [1.165, 1.54) is 0 Å². The van der Waals surface area contributed by atoms with Crippen LogP contribution in [0.3, 0.4) is 0 Å². The van der Waals surface area contributed by atoms with Gasteiger partial charge in [0.05, 0.1) is 10.6 Å². The van der Waals surface area contributed by atoms with Crippen LogP contribution in [0.2, 0.25) is 0 Å². The number of hydrogen-bond donors (Lipinski definition) is 1. The number of nitrogens with zero attached hydrogens (tertiary/aromatic N) is 4. The lowest BCUT2D eigenvalue weighted by molar-refractivity contribution is 0.312. The van der Waals surface area contributed by atoms with Gasteiger partial charge >= 0.3 is 0 Å². The van der Waals surface area contributed by atoms with Gasteiger partial charge in [0.25, 0.3) is 10.0 Å². The summed E-state index contributed by atoms with van der Waals surface area (Å²) in [4.78, 5) is 4.82. The van der Waals surface area contributed by atoms with Crippen molar-refractivity contribution in [2.24, 2.45) is 0 Å². The van der Waals surface area contributed by atoms with Crippen molar-refractivity contribution in [3.63, 3.8) is 0 Å². The van der Waals surface area contributed by atoms with Gasteiger partial charge in [-0.3, -0.25) is 4.72 Å². The second-order valence-electron chi connectivity index (χ2n) is 8.46. The molecule has 2 aromatic carbocycles. The summed E-state index contributed by atoms with van der Waals surface area (Å²) in [5.41, 5.74) is 4.74. The zero-order valence-corrected chi connectivity index (χ0v) is 19.8. The number of anilines is 2. The molecule has 0 atom stereocenters. The Hall–Kier alpha value is -2.97. The maximum Gasteiger partial charge on any atom is 0.262 e. The molecule has 0 bridgehead atoms. The number of aromatic nitrogens is 2. The van der Waals surface area contributed by atoms with E-state index >= 15 is 0 Å². The molecule has 7 nitrogen and oxygen atoms in total. The highest BCUT2D eigenvalue weighted by molar-refractivity contribution is 7.92. The minimum absolute atomic E-state index is 0.294. The highest BCUT2D eigenvalue weighted by Crippen LogP contribution is 2.26. The number of nitrogens with one attached hydrogen (secondary N) is 1. The fourth-order valence-electron chi connectivity index (χ4n) is 3.86. The molecule has 2 heterocycles. The topological polar surface area (TPSA) is 78.4 Å². The van der Waals surface area contributed by atoms with Crippen LogP contribution in [0.1, 0.15) is 16.7 Å². The van der Waals surface area contributed by atoms with Gasteiger partial charge in [0.1, 0.15) is 0 Å². The first-order valence-electron chi connectivity index (χ1n) is 10.7. The summed E-state index contributed by atoms with van der Waals surface area (Å²) in [7, 11) is -1.58. The van der Waals surface area contributed by atoms with Gasteiger partial charge in [0, 0.05) is 37.4 Å². The van der Waals surface area contributed by atoms with Crippen molar-refractivity contribution in [3.8, 4) is 11.3 Å². The van der Waals surface area contributed by atoms with Gasteiger partial charge in [-0.1, -0.05) is 18.2 Å². The molecular formula is C24H29N5O2S. The Morgan fingerprint density at radius 2 is 1.56 bits per heavy atom. The van der Waals surface area contributed by atoms with E-state index in [4.69, 9.17) is 0 Å². The first-order chi connectivity index (χ1) is 15.2. The molecule has 1 N–H and O–H groups in total. The Morgan fingerprint density at radius 1 is 0.844 bits per heavy atom. The fourth-order valence-corrected chi connectivity index (χ4v) is 5.22. The summed E-state index contributed by atoms with van der Waals surface area (Å²) < 4.78 is 28.8. The number of hydrogen-bond acceptors (Lipinski definition) is 6. The Labute approximate surface area is 190 Å². The smallest absolute Gasteiger partial charge is 0.262 e. The highest BCUT2D eigenvalue weighted by Gasteiger charge is 2.19. The third kappa shape index (κ3) is 4.76. The molecule has 0 aliphatic carbocycles. The maximum atomic E-state index is 13.0. The van der Waals surface area contributed by atoms with Gasteiger partial charge in [0.2, 0.25) is 0 Å². The molecule has 0 amide bonds. The van der Waals surface area contributed by atoms with E-state index in [-0.39, 0.29) is 0 Å². The standard InChI is InChI=1S/C24H29N5O2S/c1-17-14-19(3)23(15-18(17)2)32(30,31)27-21-7-5-6-20(16-21)22-8-9-24(26-25-22)29-12-10-28(4)11-13-29/h5-9,14-16,27H,10-13H2,1-4H3. The van der Waals surface area contributed by atoms with Crippen LogP contribution in [0.4, 0.5) is 11.5 Å². The lowest BCUT2D eigenvalue weighted by Crippen LogP contribution is -2.44. The van der Waals surface area contributed by atoms with Crippen LogP contribution >= 0.6 is 0 Å². The molecule has 8 heteroatoms. The van der Waals surface area contributed by atoms with Crippen LogP contribution in [0.25, 0.3) is 11.3 Å². The van der Waals surface area contributed by atoms with Gasteiger partial charge in [-0.15, -0.1) is 10.2 Å². The molecule has 1 aromatic heterocycles. The lowest BCUT2D eigenvalue weighted by atomic mass is 10.1. The van der Waals surface area contributed by atoms with E-state index in [9.17, 15) is 8.42 Å². The van der Waals surface area contributed by atoms with E-state index in [2.05, 4.69) is 31.8 Å². The largest absolute Gasteiger partial charge is 0.353 e. The third-order valence-corrected chi connectivity index (χ3v) is 7.49. The van der Waals surface area contributed by atoms with Gasteiger partial charge in [-0.25, -0.2) is 8.42 Å². The highest BCUT2D eigenvalue weighted by atomic mass is 32.2. The molecule has 0 saturated carbocycles. The summed E-state index contributed by atoms with van der Waals surface area (Å²) in [5, 5.41) is 8.80. The van der Waals surface area contributed by atoms with Crippen molar-refractivity contribution >= 4 is 21.5 Å². The normalized spacial score (nSPS) is 15.1. The Morgan fingerprint density at radius 3 is 2.25 bits per heavy atom. The number of piperazine rings is 1. The summed E-state index contributed by atoms with van der Waals surface area (Å²) >= 11 is 0. The second kappa shape index (κ2) is 8.88. The van der Waals surface area contributed by atoms with Crippen LogP contribution in [-0.4, -0.2) is 56.7 Å². The van der Waals surface area contributed by atoms with Crippen molar-refractivity contribution in [1.82, 2.24) is 15.1 Å². The number of rotatable bonds is 5. The first kappa shape index (κ1) is 22.2. The molecule has 1 fully saturated rings. The quantitative estimate of drug-likeness (QED) is 0.638. The molecule has 1 aliphatic rings. The Kier molecular flexibility index (Phi) is 6.17. The zero-order valence-electron chi connectivity index (χ0n) is 19.0. The summed E-state index contributed by atoms with van der Waals surface area (Å²) in [6.45, 7) is 9.58. The molecule has 0 spiro atoms. The minimum atomic E-state index is -3.70. The molecule has 0 unspecified atom stereocenters. The van der Waals surface area contributed by atoms with Crippen LogP contribution in [0, 0.1) is 20.8 Å². The maximum absolute atomic E-state index is 13.0. The zero-order chi connectivity index (χ0) is 22.9.